The molecule has 0 radical (unpaired) electrons. The molecule has 9 nitrogen and oxygen atoms in total. The highest BCUT2D eigenvalue weighted by atomic mass is 19.4. The van der Waals surface area contributed by atoms with Gasteiger partial charge in [0.15, 0.2) is 0 Å². The SMILES string of the molecule is COc1nn(-c2cccc(NCCOCc3ccccc3)c2)c(=O)o1.O=C(O)C(F)(F)F. The van der Waals surface area contributed by atoms with Crippen LogP contribution in [0.2, 0.25) is 0 Å². The van der Waals surface area contributed by atoms with E-state index in [4.69, 9.17) is 23.8 Å². The summed E-state index contributed by atoms with van der Waals surface area (Å²) in [5, 5.41) is 14.3. The van der Waals surface area contributed by atoms with E-state index >= 15 is 0 Å². The third kappa shape index (κ3) is 7.80. The number of nitrogens with zero attached hydrogens (tertiary/aromatic N) is 2. The summed E-state index contributed by atoms with van der Waals surface area (Å²) in [5.41, 5.74) is 2.59. The fraction of sp³-hybridized carbons (Fsp3) is 0.250. The maximum absolute atomic E-state index is 11.8. The number of methoxy groups -OCH3 is 1. The van der Waals surface area contributed by atoms with Crippen molar-refractivity contribution >= 4 is 11.7 Å². The molecule has 0 saturated carbocycles. The van der Waals surface area contributed by atoms with Crippen LogP contribution in [0.4, 0.5) is 18.9 Å². The highest BCUT2D eigenvalue weighted by Crippen LogP contribution is 2.14. The van der Waals surface area contributed by atoms with Crippen molar-refractivity contribution in [3.05, 3.63) is 70.7 Å². The second kappa shape index (κ2) is 11.6. The second-order valence-corrected chi connectivity index (χ2v) is 6.07. The molecule has 3 aromatic rings. The number of rotatable bonds is 8. The van der Waals surface area contributed by atoms with Crippen LogP contribution in [-0.2, 0) is 16.1 Å². The Morgan fingerprint density at radius 3 is 2.47 bits per heavy atom. The van der Waals surface area contributed by atoms with Crippen LogP contribution >= 0.6 is 0 Å². The Balaban J connectivity index is 0.000000451. The lowest BCUT2D eigenvalue weighted by atomic mass is 10.2. The van der Waals surface area contributed by atoms with Crippen LogP contribution in [0.3, 0.4) is 0 Å². The molecular weight excluding hydrogens is 435 g/mol. The maximum Gasteiger partial charge on any atom is 0.490 e. The van der Waals surface area contributed by atoms with Crippen LogP contribution in [-0.4, -0.2) is 47.3 Å². The summed E-state index contributed by atoms with van der Waals surface area (Å²) in [6, 6.07) is 17.3. The van der Waals surface area contributed by atoms with Gasteiger partial charge in [-0.2, -0.15) is 17.9 Å². The third-order valence-electron chi connectivity index (χ3n) is 3.72. The maximum atomic E-state index is 11.8. The van der Waals surface area contributed by atoms with Gasteiger partial charge in [0.25, 0.3) is 0 Å². The fourth-order valence-corrected chi connectivity index (χ4v) is 2.29. The standard InChI is InChI=1S/C18H19N3O4.C2HF3O2/c1-23-17-20-21(18(22)25-17)16-9-5-8-15(12-16)19-10-11-24-13-14-6-3-2-4-7-14;3-2(4,5)1(6)7/h2-9,12,19H,10-11,13H2,1H3;(H,6,7). The topological polar surface area (TPSA) is 116 Å². The van der Waals surface area contributed by atoms with Crippen molar-refractivity contribution < 1.29 is 37.0 Å². The molecule has 0 atom stereocenters. The number of alkyl halides is 3. The highest BCUT2D eigenvalue weighted by Gasteiger charge is 2.38. The Labute approximate surface area is 180 Å². The number of nitrogens with one attached hydrogen (secondary N) is 1. The van der Waals surface area contributed by atoms with E-state index in [0.29, 0.717) is 25.4 Å². The summed E-state index contributed by atoms with van der Waals surface area (Å²) in [7, 11) is 1.39. The third-order valence-corrected chi connectivity index (χ3v) is 3.72. The molecule has 3 rings (SSSR count). The van der Waals surface area contributed by atoms with Crippen molar-refractivity contribution in [1.82, 2.24) is 9.78 Å². The predicted molar refractivity (Wildman–Crippen MR) is 107 cm³/mol. The zero-order valence-corrected chi connectivity index (χ0v) is 16.8. The minimum absolute atomic E-state index is 0.0716. The smallest absolute Gasteiger partial charge is 0.475 e. The van der Waals surface area contributed by atoms with Crippen LogP contribution < -0.4 is 15.8 Å². The van der Waals surface area contributed by atoms with Gasteiger partial charge in [0, 0.05) is 12.2 Å². The van der Waals surface area contributed by atoms with Crippen LogP contribution in [0.5, 0.6) is 6.08 Å². The average molecular weight is 455 g/mol. The normalized spacial score (nSPS) is 10.8. The molecule has 32 heavy (non-hydrogen) atoms. The molecule has 0 aliphatic heterocycles. The highest BCUT2D eigenvalue weighted by molar-refractivity contribution is 5.73. The van der Waals surface area contributed by atoms with Crippen molar-refractivity contribution in [1.29, 1.82) is 0 Å². The summed E-state index contributed by atoms with van der Waals surface area (Å²) < 4.78 is 48.2. The van der Waals surface area contributed by atoms with E-state index < -0.39 is 17.9 Å². The fourth-order valence-electron chi connectivity index (χ4n) is 2.29. The van der Waals surface area contributed by atoms with Gasteiger partial charge in [-0.05, 0) is 23.8 Å². The molecule has 0 spiro atoms. The minimum Gasteiger partial charge on any atom is -0.475 e. The Bertz CT molecular complexity index is 1050. The lowest BCUT2D eigenvalue weighted by molar-refractivity contribution is -0.192. The molecule has 0 bridgehead atoms. The van der Waals surface area contributed by atoms with Gasteiger partial charge >= 0.3 is 24.0 Å². The summed E-state index contributed by atoms with van der Waals surface area (Å²) in [5.74, 6) is -3.35. The molecular formula is C20H20F3N3O6. The van der Waals surface area contributed by atoms with Crippen LogP contribution in [0.15, 0.2) is 63.8 Å². The Morgan fingerprint density at radius 1 is 1.19 bits per heavy atom. The summed E-state index contributed by atoms with van der Waals surface area (Å²) >= 11 is 0. The van der Waals surface area contributed by atoms with E-state index in [1.165, 1.54) is 7.11 Å². The van der Waals surface area contributed by atoms with Crippen molar-refractivity contribution in [2.45, 2.75) is 12.8 Å². The number of carboxylic acids is 1. The van der Waals surface area contributed by atoms with Crippen LogP contribution in [0.25, 0.3) is 5.69 Å². The number of carbonyl (C=O) groups is 1. The summed E-state index contributed by atoms with van der Waals surface area (Å²) in [6.07, 6.45) is -5.15. The lowest BCUT2D eigenvalue weighted by Crippen LogP contribution is -2.21. The largest absolute Gasteiger partial charge is 0.490 e. The van der Waals surface area contributed by atoms with Gasteiger partial charge < -0.3 is 24.3 Å². The van der Waals surface area contributed by atoms with E-state index in [0.717, 1.165) is 15.9 Å². The zero-order chi connectivity index (χ0) is 23.6. The molecule has 2 N–H and O–H groups in total. The number of benzene rings is 2. The van der Waals surface area contributed by atoms with Gasteiger partial charge in [-0.15, -0.1) is 0 Å². The zero-order valence-electron chi connectivity index (χ0n) is 16.8. The molecule has 0 aliphatic carbocycles. The molecule has 12 heteroatoms. The summed E-state index contributed by atoms with van der Waals surface area (Å²) in [6.45, 7) is 1.79. The molecule has 1 aromatic heterocycles. The van der Waals surface area contributed by atoms with Crippen molar-refractivity contribution in [3.8, 4) is 11.8 Å². The molecule has 1 heterocycles. The Hall–Kier alpha value is -3.80. The number of aliphatic carboxylic acids is 1. The van der Waals surface area contributed by atoms with Crippen molar-refractivity contribution in [2.75, 3.05) is 25.6 Å². The number of ether oxygens (including phenoxy) is 2. The van der Waals surface area contributed by atoms with Crippen LogP contribution in [0, 0.1) is 0 Å². The first-order chi connectivity index (χ1) is 15.2. The van der Waals surface area contributed by atoms with Gasteiger partial charge in [-0.1, -0.05) is 41.5 Å². The van der Waals surface area contributed by atoms with Gasteiger partial charge in [0.2, 0.25) is 0 Å². The second-order valence-electron chi connectivity index (χ2n) is 6.07. The Kier molecular flexibility index (Phi) is 8.83. The number of anilines is 1. The van der Waals surface area contributed by atoms with Gasteiger partial charge in [-0.3, -0.25) is 0 Å². The van der Waals surface area contributed by atoms with E-state index in [-0.39, 0.29) is 6.08 Å². The molecule has 0 aliphatic rings. The van der Waals surface area contributed by atoms with Gasteiger partial charge in [0.1, 0.15) is 0 Å². The number of hydrogen-bond donors (Lipinski definition) is 2. The first kappa shape index (κ1) is 24.5. The van der Waals surface area contributed by atoms with Crippen LogP contribution in [0.1, 0.15) is 5.56 Å². The number of halogens is 3. The van der Waals surface area contributed by atoms with E-state index in [2.05, 4.69) is 10.4 Å². The monoisotopic (exact) mass is 455 g/mol. The average Bonchev–Trinajstić information content (AvgIpc) is 3.15. The molecule has 0 saturated heterocycles. The van der Waals surface area contributed by atoms with E-state index in [1.807, 2.05) is 42.5 Å². The molecule has 0 fully saturated rings. The number of hydrogen-bond acceptors (Lipinski definition) is 7. The van der Waals surface area contributed by atoms with E-state index in [1.54, 1.807) is 12.1 Å². The number of carboxylic acid groups (broad SMARTS) is 1. The first-order valence-corrected chi connectivity index (χ1v) is 9.11. The van der Waals surface area contributed by atoms with Crippen molar-refractivity contribution in [3.63, 3.8) is 0 Å². The molecule has 172 valence electrons. The van der Waals surface area contributed by atoms with Gasteiger partial charge in [0.05, 0.1) is 26.0 Å². The quantitative estimate of drug-likeness (QED) is 0.498. The van der Waals surface area contributed by atoms with Crippen molar-refractivity contribution in [2.24, 2.45) is 0 Å². The molecule has 0 unspecified atom stereocenters. The molecule has 2 aromatic carbocycles. The summed E-state index contributed by atoms with van der Waals surface area (Å²) in [4.78, 5) is 20.7. The van der Waals surface area contributed by atoms with E-state index in [9.17, 15) is 18.0 Å². The molecule has 0 amide bonds. The Morgan fingerprint density at radius 2 is 1.88 bits per heavy atom. The predicted octanol–water partition coefficient (Wildman–Crippen LogP) is 3.10. The number of aromatic nitrogens is 2. The van der Waals surface area contributed by atoms with Gasteiger partial charge in [-0.25, -0.2) is 9.59 Å². The first-order valence-electron chi connectivity index (χ1n) is 9.11. The lowest BCUT2D eigenvalue weighted by Gasteiger charge is -2.08. The minimum atomic E-state index is -5.08.